The van der Waals surface area contributed by atoms with Crippen molar-refractivity contribution >= 4 is 0 Å². The molecule has 0 aliphatic heterocycles. The SMILES string of the molecule is CCCCCC(C)CCCC(C)CCCC(C)CCCC(C)CCCC(C)CCc1c(C)c(O)c(OC)c(OC)c1O. The molecular formula is C38H70O4. The van der Waals surface area contributed by atoms with Crippen LogP contribution in [0.15, 0.2) is 0 Å². The van der Waals surface area contributed by atoms with Crippen LogP contribution in [0.25, 0.3) is 0 Å². The summed E-state index contributed by atoms with van der Waals surface area (Å²) in [5, 5.41) is 21.2. The highest BCUT2D eigenvalue weighted by Crippen LogP contribution is 2.48. The zero-order chi connectivity index (χ0) is 31.5. The molecule has 5 unspecified atom stereocenters. The van der Waals surface area contributed by atoms with Gasteiger partial charge in [-0.15, -0.1) is 0 Å². The minimum Gasteiger partial charge on any atom is -0.504 e. The number of unbranched alkanes of at least 4 members (excludes halogenated alkanes) is 2. The maximum Gasteiger partial charge on any atom is 0.207 e. The number of ether oxygens (including phenoxy) is 2. The van der Waals surface area contributed by atoms with E-state index in [9.17, 15) is 10.2 Å². The lowest BCUT2D eigenvalue weighted by Gasteiger charge is -2.19. The molecule has 0 bridgehead atoms. The van der Waals surface area contributed by atoms with E-state index >= 15 is 0 Å². The molecule has 1 rings (SSSR count). The minimum absolute atomic E-state index is 0.0565. The molecule has 0 radical (unpaired) electrons. The number of benzene rings is 1. The summed E-state index contributed by atoms with van der Waals surface area (Å²) in [7, 11) is 2.96. The fourth-order valence-corrected chi connectivity index (χ4v) is 6.64. The Morgan fingerprint density at radius 1 is 0.500 bits per heavy atom. The van der Waals surface area contributed by atoms with Gasteiger partial charge in [0.05, 0.1) is 14.2 Å². The van der Waals surface area contributed by atoms with Gasteiger partial charge in [0.25, 0.3) is 0 Å². The van der Waals surface area contributed by atoms with Crippen molar-refractivity contribution < 1.29 is 19.7 Å². The molecule has 0 spiro atoms. The maximum absolute atomic E-state index is 10.7. The smallest absolute Gasteiger partial charge is 0.207 e. The highest BCUT2D eigenvalue weighted by molar-refractivity contribution is 5.65. The highest BCUT2D eigenvalue weighted by Gasteiger charge is 2.23. The van der Waals surface area contributed by atoms with Crippen LogP contribution in [0.5, 0.6) is 23.0 Å². The number of phenols is 2. The normalized spacial score (nSPS) is 15.3. The van der Waals surface area contributed by atoms with Gasteiger partial charge >= 0.3 is 0 Å². The Labute approximate surface area is 261 Å². The van der Waals surface area contributed by atoms with Crippen LogP contribution in [0.4, 0.5) is 0 Å². The van der Waals surface area contributed by atoms with Crippen molar-refractivity contribution in [2.75, 3.05) is 14.2 Å². The number of aromatic hydroxyl groups is 2. The molecule has 0 aliphatic rings. The predicted molar refractivity (Wildman–Crippen MR) is 181 cm³/mol. The fourth-order valence-electron chi connectivity index (χ4n) is 6.64. The topological polar surface area (TPSA) is 58.9 Å². The van der Waals surface area contributed by atoms with Gasteiger partial charge in [-0.25, -0.2) is 0 Å². The van der Waals surface area contributed by atoms with Gasteiger partial charge in [0.1, 0.15) is 0 Å². The minimum atomic E-state index is 0.0565. The van der Waals surface area contributed by atoms with Crippen LogP contribution >= 0.6 is 0 Å². The molecule has 0 saturated heterocycles. The third kappa shape index (κ3) is 14.7. The van der Waals surface area contributed by atoms with Gasteiger partial charge in [-0.3, -0.25) is 0 Å². The summed E-state index contributed by atoms with van der Waals surface area (Å²) < 4.78 is 10.6. The summed E-state index contributed by atoms with van der Waals surface area (Å²) in [4.78, 5) is 0. The van der Waals surface area contributed by atoms with E-state index in [2.05, 4.69) is 41.5 Å². The first-order valence-corrected chi connectivity index (χ1v) is 17.7. The van der Waals surface area contributed by atoms with E-state index < -0.39 is 0 Å². The highest BCUT2D eigenvalue weighted by atomic mass is 16.5. The van der Waals surface area contributed by atoms with E-state index in [-0.39, 0.29) is 23.0 Å². The Balaban J connectivity index is 2.18. The molecule has 4 nitrogen and oxygen atoms in total. The average molecular weight is 591 g/mol. The van der Waals surface area contributed by atoms with Gasteiger partial charge in [0.2, 0.25) is 11.5 Å². The van der Waals surface area contributed by atoms with Crippen molar-refractivity contribution in [2.24, 2.45) is 29.6 Å². The number of methoxy groups -OCH3 is 2. The molecule has 1 aromatic carbocycles. The van der Waals surface area contributed by atoms with E-state index in [1.807, 2.05) is 6.92 Å². The van der Waals surface area contributed by atoms with Crippen molar-refractivity contribution in [3.05, 3.63) is 11.1 Å². The summed E-state index contributed by atoms with van der Waals surface area (Å²) in [6.07, 6.45) is 23.6. The Hall–Kier alpha value is -1.58. The van der Waals surface area contributed by atoms with E-state index in [0.29, 0.717) is 11.5 Å². The van der Waals surface area contributed by atoms with Gasteiger partial charge in [-0.2, -0.15) is 0 Å². The van der Waals surface area contributed by atoms with Crippen molar-refractivity contribution in [3.8, 4) is 23.0 Å². The van der Waals surface area contributed by atoms with E-state index in [1.165, 1.54) is 117 Å². The summed E-state index contributed by atoms with van der Waals surface area (Å²) >= 11 is 0. The molecule has 0 aliphatic carbocycles. The molecular weight excluding hydrogens is 520 g/mol. The molecule has 0 aromatic heterocycles. The monoisotopic (exact) mass is 591 g/mol. The lowest BCUT2D eigenvalue weighted by molar-refractivity contribution is 0.313. The Morgan fingerprint density at radius 3 is 1.19 bits per heavy atom. The van der Waals surface area contributed by atoms with Crippen LogP contribution < -0.4 is 9.47 Å². The Bertz CT molecular complexity index is 835. The first-order valence-electron chi connectivity index (χ1n) is 17.7. The van der Waals surface area contributed by atoms with Crippen molar-refractivity contribution in [2.45, 2.75) is 164 Å². The molecule has 246 valence electrons. The largest absolute Gasteiger partial charge is 0.504 e. The molecule has 0 amide bonds. The fraction of sp³-hybridized carbons (Fsp3) is 0.842. The van der Waals surface area contributed by atoms with Gasteiger partial charge in [-0.1, -0.05) is 144 Å². The second-order valence-corrected chi connectivity index (χ2v) is 14.2. The molecule has 0 heterocycles. The van der Waals surface area contributed by atoms with Gasteiger partial charge in [-0.05, 0) is 49.4 Å². The molecule has 2 N–H and O–H groups in total. The van der Waals surface area contributed by atoms with Crippen molar-refractivity contribution in [1.29, 1.82) is 0 Å². The Morgan fingerprint density at radius 2 is 0.833 bits per heavy atom. The molecule has 0 saturated carbocycles. The third-order valence-electron chi connectivity index (χ3n) is 9.90. The van der Waals surface area contributed by atoms with Gasteiger partial charge in [0, 0.05) is 11.1 Å². The number of hydrogen-bond acceptors (Lipinski definition) is 4. The van der Waals surface area contributed by atoms with Crippen LogP contribution in [-0.2, 0) is 6.42 Å². The first kappa shape index (κ1) is 38.4. The number of phenolic OH excluding ortho intramolecular Hbond substituents is 2. The van der Waals surface area contributed by atoms with Crippen LogP contribution in [0, 0.1) is 36.5 Å². The zero-order valence-electron chi connectivity index (χ0n) is 29.3. The van der Waals surface area contributed by atoms with Crippen LogP contribution in [0.2, 0.25) is 0 Å². The first-order chi connectivity index (χ1) is 20.0. The molecule has 42 heavy (non-hydrogen) atoms. The summed E-state index contributed by atoms with van der Waals surface area (Å²) in [6.45, 7) is 16.2. The van der Waals surface area contributed by atoms with Gasteiger partial charge in [0.15, 0.2) is 11.5 Å². The third-order valence-corrected chi connectivity index (χ3v) is 9.90. The van der Waals surface area contributed by atoms with Crippen LogP contribution in [0.1, 0.15) is 162 Å². The van der Waals surface area contributed by atoms with Crippen molar-refractivity contribution in [1.82, 2.24) is 0 Å². The molecule has 0 fully saturated rings. The average Bonchev–Trinajstić information content (AvgIpc) is 2.94. The summed E-state index contributed by atoms with van der Waals surface area (Å²) in [6, 6.07) is 0. The zero-order valence-corrected chi connectivity index (χ0v) is 29.3. The standard InChI is InChI=1S/C38H70O4/c1-10-11-12-17-28(2)18-13-19-29(3)20-14-21-30(4)22-15-23-31(5)24-16-25-32(6)26-27-34-33(7)35(39)37(41-8)38(42-9)36(34)40/h28-32,39-40H,10-27H2,1-9H3. The van der Waals surface area contributed by atoms with E-state index in [4.69, 9.17) is 9.47 Å². The number of hydrogen-bond donors (Lipinski definition) is 2. The second-order valence-electron chi connectivity index (χ2n) is 14.2. The van der Waals surface area contributed by atoms with Gasteiger partial charge < -0.3 is 19.7 Å². The Kier molecular flexibility index (Phi) is 20.1. The molecule has 4 heteroatoms. The van der Waals surface area contributed by atoms with E-state index in [1.54, 1.807) is 0 Å². The van der Waals surface area contributed by atoms with Crippen LogP contribution in [0.3, 0.4) is 0 Å². The van der Waals surface area contributed by atoms with Crippen LogP contribution in [-0.4, -0.2) is 24.4 Å². The number of rotatable bonds is 25. The molecule has 5 atom stereocenters. The maximum atomic E-state index is 10.7. The summed E-state index contributed by atoms with van der Waals surface area (Å²) in [5.74, 6) is 4.60. The predicted octanol–water partition coefficient (Wildman–Crippen LogP) is 11.8. The van der Waals surface area contributed by atoms with E-state index in [0.717, 1.165) is 42.1 Å². The lowest BCUT2D eigenvalue weighted by atomic mass is 9.89. The molecule has 1 aromatic rings. The lowest BCUT2D eigenvalue weighted by Crippen LogP contribution is -2.04. The quantitative estimate of drug-likeness (QED) is 0.0878. The second kappa shape index (κ2) is 22.0. The van der Waals surface area contributed by atoms with Crippen molar-refractivity contribution in [3.63, 3.8) is 0 Å². The summed E-state index contributed by atoms with van der Waals surface area (Å²) in [5.41, 5.74) is 1.43.